The summed E-state index contributed by atoms with van der Waals surface area (Å²) in [4.78, 5) is 30.0. The molecule has 1 aromatic rings. The predicted molar refractivity (Wildman–Crippen MR) is 132 cm³/mol. The number of ether oxygens (including phenoxy) is 1. The van der Waals surface area contributed by atoms with Crippen molar-refractivity contribution in [3.8, 4) is 0 Å². The SMILES string of the molecule is C/C1=C\C[C@@H](/C(C)=C/c2cc#cc(C)n2)OC(=O)CC[C@@](C)(O)C(=O)[C@H](C)[C@@H](O)[C@@H](C)CCC1. The normalized spacial score (nSPS) is 32.4. The maximum atomic E-state index is 12.9. The third-order valence-electron chi connectivity index (χ3n) is 6.69. The van der Waals surface area contributed by atoms with Crippen LogP contribution in [0.4, 0.5) is 0 Å². The Bertz CT molecular complexity index is 917. The minimum absolute atomic E-state index is 0.0648. The lowest BCUT2D eigenvalue weighted by Gasteiger charge is -2.30. The second-order valence-electron chi connectivity index (χ2n) is 9.98. The van der Waals surface area contributed by atoms with E-state index >= 15 is 0 Å². The number of rotatable bonds is 2. The summed E-state index contributed by atoms with van der Waals surface area (Å²) in [5, 5.41) is 21.4. The van der Waals surface area contributed by atoms with E-state index in [-0.39, 0.29) is 18.8 Å². The third kappa shape index (κ3) is 8.07. The molecule has 6 nitrogen and oxygen atoms in total. The molecule has 0 spiro atoms. The predicted octanol–water partition coefficient (Wildman–Crippen LogP) is 4.56. The standard InChI is InChI=1S/C28H39NO5/c1-18-9-7-10-19(2)26(31)22(5)27(32)28(6,33)16-15-25(30)34-24(14-13-18)20(3)17-23-12-8-11-21(4)29-23/h12-13,17,19,22,24,26,31,33H,7,9-10,14-16H2,1-6H3/b18-13+,20-17+/t19-,22+,24-,26-,28+/m0/s1. The smallest absolute Gasteiger partial charge is 0.306 e. The first kappa shape index (κ1) is 27.8. The lowest BCUT2D eigenvalue weighted by atomic mass is 9.80. The van der Waals surface area contributed by atoms with Crippen molar-refractivity contribution < 1.29 is 24.5 Å². The van der Waals surface area contributed by atoms with Crippen LogP contribution in [0.1, 0.15) is 84.5 Å². The highest BCUT2D eigenvalue weighted by Crippen LogP contribution is 2.27. The summed E-state index contributed by atoms with van der Waals surface area (Å²) in [5.74, 6) is -1.73. The molecule has 2 rings (SSSR count). The molecule has 0 bridgehead atoms. The first-order valence-electron chi connectivity index (χ1n) is 12.2. The largest absolute Gasteiger partial charge is 0.457 e. The van der Waals surface area contributed by atoms with Crippen molar-refractivity contribution in [1.29, 1.82) is 0 Å². The monoisotopic (exact) mass is 469 g/mol. The Hall–Kier alpha value is -2.49. The van der Waals surface area contributed by atoms with Gasteiger partial charge in [0.1, 0.15) is 11.7 Å². The molecule has 0 fully saturated rings. The van der Waals surface area contributed by atoms with Crippen LogP contribution in [0.5, 0.6) is 0 Å². The van der Waals surface area contributed by atoms with Crippen molar-refractivity contribution in [1.82, 2.24) is 4.98 Å². The fourth-order valence-corrected chi connectivity index (χ4v) is 4.30. The van der Waals surface area contributed by atoms with E-state index in [2.05, 4.69) is 30.1 Å². The molecule has 5 atom stereocenters. The minimum atomic E-state index is -1.72. The summed E-state index contributed by atoms with van der Waals surface area (Å²) in [6.07, 6.45) is 5.49. The van der Waals surface area contributed by atoms with E-state index in [1.807, 2.05) is 26.8 Å². The highest BCUT2D eigenvalue weighted by Gasteiger charge is 2.38. The van der Waals surface area contributed by atoms with E-state index < -0.39 is 35.5 Å². The molecule has 34 heavy (non-hydrogen) atoms. The van der Waals surface area contributed by atoms with Crippen molar-refractivity contribution in [2.75, 3.05) is 0 Å². The van der Waals surface area contributed by atoms with E-state index in [0.717, 1.165) is 30.5 Å². The lowest BCUT2D eigenvalue weighted by molar-refractivity contribution is -0.151. The van der Waals surface area contributed by atoms with Crippen LogP contribution in [0.15, 0.2) is 23.3 Å². The molecule has 0 radical (unpaired) electrons. The number of aryl methyl sites for hydroxylation is 1. The molecule has 0 saturated carbocycles. The number of Topliss-reactive ketones (excluding diaryl/α,β-unsaturated/α-hetero) is 1. The van der Waals surface area contributed by atoms with Crippen molar-refractivity contribution in [3.63, 3.8) is 0 Å². The number of nitrogens with zero attached hydrogens (tertiary/aromatic N) is 1. The van der Waals surface area contributed by atoms with Gasteiger partial charge in [0.05, 0.1) is 17.5 Å². The number of hydrogen-bond acceptors (Lipinski definition) is 6. The van der Waals surface area contributed by atoms with Gasteiger partial charge in [-0.15, -0.1) is 0 Å². The number of aliphatic hydroxyl groups is 2. The molecule has 186 valence electrons. The molecular formula is C28H39NO5. The van der Waals surface area contributed by atoms with Gasteiger partial charge in [0.2, 0.25) is 0 Å². The number of ketones is 1. The number of aliphatic hydroxyl groups excluding tert-OH is 1. The molecule has 1 aromatic heterocycles. The highest BCUT2D eigenvalue weighted by atomic mass is 16.5. The number of cyclic esters (lactones) is 1. The summed E-state index contributed by atoms with van der Waals surface area (Å²) in [6.45, 7) is 10.8. The first-order chi connectivity index (χ1) is 15.9. The van der Waals surface area contributed by atoms with Crippen LogP contribution in [-0.2, 0) is 14.3 Å². The van der Waals surface area contributed by atoms with Gasteiger partial charge in [0.15, 0.2) is 5.78 Å². The molecule has 2 heterocycles. The minimum Gasteiger partial charge on any atom is -0.457 e. The van der Waals surface area contributed by atoms with Gasteiger partial charge < -0.3 is 14.9 Å². The van der Waals surface area contributed by atoms with Gasteiger partial charge in [-0.1, -0.05) is 31.6 Å². The zero-order valence-electron chi connectivity index (χ0n) is 21.4. The second-order valence-corrected chi connectivity index (χ2v) is 9.98. The van der Waals surface area contributed by atoms with E-state index in [0.29, 0.717) is 12.1 Å². The zero-order valence-corrected chi connectivity index (χ0v) is 21.4. The van der Waals surface area contributed by atoms with Crippen molar-refractivity contribution in [2.24, 2.45) is 11.8 Å². The summed E-state index contributed by atoms with van der Waals surface area (Å²) < 4.78 is 5.79. The number of esters is 1. The van der Waals surface area contributed by atoms with Crippen LogP contribution in [-0.4, -0.2) is 44.8 Å². The Balaban J connectivity index is 2.29. The molecule has 0 saturated heterocycles. The van der Waals surface area contributed by atoms with Crippen LogP contribution >= 0.6 is 0 Å². The molecule has 6 heteroatoms. The molecule has 2 N–H and O–H groups in total. The van der Waals surface area contributed by atoms with Gasteiger partial charge in [0.25, 0.3) is 0 Å². The Morgan fingerprint density at radius 3 is 2.65 bits per heavy atom. The maximum absolute atomic E-state index is 12.9. The fourth-order valence-electron chi connectivity index (χ4n) is 4.30. The average Bonchev–Trinajstić information content (AvgIpc) is 2.78. The first-order valence-corrected chi connectivity index (χ1v) is 12.2. The topological polar surface area (TPSA) is 96.7 Å². The number of aromatic nitrogens is 1. The molecular weight excluding hydrogens is 430 g/mol. The van der Waals surface area contributed by atoms with Gasteiger partial charge >= 0.3 is 5.97 Å². The summed E-state index contributed by atoms with van der Waals surface area (Å²) in [5.41, 5.74) is 1.76. The van der Waals surface area contributed by atoms with Gasteiger partial charge in [-0.3, -0.25) is 9.59 Å². The molecule has 0 aromatic carbocycles. The van der Waals surface area contributed by atoms with Crippen molar-refractivity contribution in [3.05, 3.63) is 46.8 Å². The van der Waals surface area contributed by atoms with Crippen LogP contribution in [0, 0.1) is 30.9 Å². The van der Waals surface area contributed by atoms with E-state index in [4.69, 9.17) is 4.74 Å². The van der Waals surface area contributed by atoms with Crippen molar-refractivity contribution in [2.45, 2.75) is 97.9 Å². The van der Waals surface area contributed by atoms with Gasteiger partial charge in [-0.2, -0.15) is 0 Å². The average molecular weight is 470 g/mol. The van der Waals surface area contributed by atoms with Crippen LogP contribution in [0.2, 0.25) is 0 Å². The fraction of sp³-hybridized carbons (Fsp3) is 0.607. The Morgan fingerprint density at radius 1 is 1.26 bits per heavy atom. The number of hydrogen-bond donors (Lipinski definition) is 2. The number of carbonyl (C=O) groups excluding carboxylic acids is 2. The molecule has 1 aliphatic heterocycles. The van der Waals surface area contributed by atoms with Gasteiger partial charge in [-0.05, 0) is 77.0 Å². The maximum Gasteiger partial charge on any atom is 0.306 e. The third-order valence-corrected chi connectivity index (χ3v) is 6.69. The summed E-state index contributed by atoms with van der Waals surface area (Å²) in [7, 11) is 0. The van der Waals surface area contributed by atoms with E-state index in [1.54, 1.807) is 13.0 Å². The lowest BCUT2D eigenvalue weighted by Crippen LogP contribution is -2.44. The Kier molecular flexibility index (Phi) is 10.0. The molecule has 1 aliphatic rings. The number of carbonyl (C=O) groups is 2. The summed E-state index contributed by atoms with van der Waals surface area (Å²) >= 11 is 0. The van der Waals surface area contributed by atoms with Gasteiger partial charge in [-0.25, -0.2) is 4.98 Å². The molecule has 0 aliphatic carbocycles. The summed E-state index contributed by atoms with van der Waals surface area (Å²) in [6, 6.07) is 7.56. The van der Waals surface area contributed by atoms with Crippen LogP contribution in [0.3, 0.4) is 0 Å². The Morgan fingerprint density at radius 2 is 1.97 bits per heavy atom. The van der Waals surface area contributed by atoms with E-state index in [1.165, 1.54) is 12.5 Å². The van der Waals surface area contributed by atoms with E-state index in [9.17, 15) is 19.8 Å². The Labute approximate surface area is 204 Å². The zero-order chi connectivity index (χ0) is 25.5. The van der Waals surface area contributed by atoms with Crippen molar-refractivity contribution >= 4 is 17.8 Å². The molecule has 0 amide bonds. The molecule has 0 unspecified atom stereocenters. The van der Waals surface area contributed by atoms with Gasteiger partial charge in [0, 0.05) is 24.8 Å². The second kappa shape index (κ2) is 12.3. The quantitative estimate of drug-likeness (QED) is 0.487. The number of allylic oxidation sites excluding steroid dienone is 1. The highest BCUT2D eigenvalue weighted by molar-refractivity contribution is 5.89. The van der Waals surface area contributed by atoms with Crippen LogP contribution < -0.4 is 0 Å². The van der Waals surface area contributed by atoms with Crippen LogP contribution in [0.25, 0.3) is 6.08 Å².